The van der Waals surface area contributed by atoms with Crippen LogP contribution in [0.2, 0.25) is 0 Å². The first-order valence-corrected chi connectivity index (χ1v) is 14.5. The van der Waals surface area contributed by atoms with Gasteiger partial charge in [-0.05, 0) is 74.6 Å². The van der Waals surface area contributed by atoms with Gasteiger partial charge in [0, 0.05) is 75.3 Å². The van der Waals surface area contributed by atoms with Crippen molar-refractivity contribution in [1.82, 2.24) is 19.4 Å². The molecule has 0 aromatic carbocycles. The van der Waals surface area contributed by atoms with Crippen molar-refractivity contribution in [1.29, 1.82) is 0 Å². The standard InChI is InChI=1S/C30H37F5N4O/c1-19-12-26(30(33,34)35)39(17-19)23-5-9-37(10-6-23)24-14-21-4-3-8-29(21,15-24)27(40)38-11-7-25-20(18-38)13-22(16-36-25)28(2,31)32/h12-13,16-17,21,23-24H,3-11,14-15,18H2,1-2H3/t21-,24-,29-/m1/s1. The summed E-state index contributed by atoms with van der Waals surface area (Å²) in [4.78, 5) is 22.7. The number of halogens is 5. The summed E-state index contributed by atoms with van der Waals surface area (Å²) < 4.78 is 70.1. The molecule has 0 unspecified atom stereocenters. The van der Waals surface area contributed by atoms with E-state index < -0.39 is 23.2 Å². The second kappa shape index (κ2) is 9.81. The summed E-state index contributed by atoms with van der Waals surface area (Å²) in [6, 6.07) is 2.79. The number of hydrogen-bond donors (Lipinski definition) is 0. The van der Waals surface area contributed by atoms with Crippen LogP contribution in [0.1, 0.15) is 86.0 Å². The van der Waals surface area contributed by atoms with Crippen molar-refractivity contribution in [3.05, 3.63) is 52.6 Å². The fourth-order valence-electron chi connectivity index (χ4n) is 8.07. The van der Waals surface area contributed by atoms with Crippen LogP contribution in [0.5, 0.6) is 0 Å². The number of carbonyl (C=O) groups excluding carboxylic acids is 1. The van der Waals surface area contributed by atoms with E-state index in [4.69, 9.17) is 0 Å². The van der Waals surface area contributed by atoms with Crippen LogP contribution in [-0.2, 0) is 29.9 Å². The van der Waals surface area contributed by atoms with Crippen LogP contribution in [0.3, 0.4) is 0 Å². The summed E-state index contributed by atoms with van der Waals surface area (Å²) in [7, 11) is 0. The Morgan fingerprint density at radius 1 is 1.05 bits per heavy atom. The Kier molecular flexibility index (Phi) is 6.78. The highest BCUT2D eigenvalue weighted by Crippen LogP contribution is 2.57. The first-order valence-electron chi connectivity index (χ1n) is 14.5. The van der Waals surface area contributed by atoms with E-state index in [0.717, 1.165) is 57.8 Å². The number of rotatable bonds is 4. The summed E-state index contributed by atoms with van der Waals surface area (Å²) in [6.07, 6.45) is 4.93. The molecular formula is C30H37F5N4O. The molecule has 0 N–H and O–H groups in total. The second-order valence-corrected chi connectivity index (χ2v) is 12.6. The molecule has 2 aliphatic carbocycles. The van der Waals surface area contributed by atoms with Crippen LogP contribution in [0.25, 0.3) is 0 Å². The first kappa shape index (κ1) is 27.7. The third-order valence-electron chi connectivity index (χ3n) is 10.1. The zero-order valence-electron chi connectivity index (χ0n) is 23.1. The number of likely N-dealkylation sites (tertiary alicyclic amines) is 1. The second-order valence-electron chi connectivity index (χ2n) is 12.6. The number of fused-ring (bicyclic) bond motifs is 2. The lowest BCUT2D eigenvalue weighted by Gasteiger charge is -2.39. The van der Waals surface area contributed by atoms with Crippen molar-refractivity contribution >= 4 is 5.91 Å². The molecule has 3 atom stereocenters. The number of piperidine rings is 1. The lowest BCUT2D eigenvalue weighted by atomic mass is 9.78. The maximum absolute atomic E-state index is 14.1. The number of nitrogens with zero attached hydrogens (tertiary/aromatic N) is 4. The van der Waals surface area contributed by atoms with Gasteiger partial charge in [-0.2, -0.15) is 13.2 Å². The molecule has 4 heterocycles. The molecule has 0 radical (unpaired) electrons. The van der Waals surface area contributed by atoms with Gasteiger partial charge < -0.3 is 14.4 Å². The third kappa shape index (κ3) is 4.84. The fraction of sp³-hybridized carbons (Fsp3) is 0.667. The van der Waals surface area contributed by atoms with Crippen molar-refractivity contribution in [2.24, 2.45) is 11.3 Å². The minimum atomic E-state index is -4.37. The Labute approximate surface area is 231 Å². The van der Waals surface area contributed by atoms with Gasteiger partial charge in [-0.1, -0.05) is 6.42 Å². The average molecular weight is 565 g/mol. The molecule has 0 bridgehead atoms. The molecule has 2 saturated carbocycles. The van der Waals surface area contributed by atoms with Gasteiger partial charge in [0.15, 0.2) is 0 Å². The fourth-order valence-corrected chi connectivity index (χ4v) is 8.07. The van der Waals surface area contributed by atoms with E-state index in [2.05, 4.69) is 9.88 Å². The third-order valence-corrected chi connectivity index (χ3v) is 10.1. The van der Waals surface area contributed by atoms with Crippen LogP contribution < -0.4 is 0 Å². The number of pyridine rings is 1. The normalized spacial score (nSPS) is 28.1. The van der Waals surface area contributed by atoms with Gasteiger partial charge in [0.25, 0.3) is 5.92 Å². The van der Waals surface area contributed by atoms with E-state index in [1.54, 1.807) is 13.1 Å². The molecule has 1 amide bonds. The van der Waals surface area contributed by atoms with Crippen LogP contribution in [-0.4, -0.2) is 50.9 Å². The largest absolute Gasteiger partial charge is 0.431 e. The van der Waals surface area contributed by atoms with E-state index in [1.807, 2.05) is 4.90 Å². The average Bonchev–Trinajstić information content (AvgIpc) is 3.60. The predicted molar refractivity (Wildman–Crippen MR) is 140 cm³/mol. The molecular weight excluding hydrogens is 527 g/mol. The molecule has 218 valence electrons. The summed E-state index contributed by atoms with van der Waals surface area (Å²) >= 11 is 0. The maximum Gasteiger partial charge on any atom is 0.431 e. The highest BCUT2D eigenvalue weighted by atomic mass is 19.4. The van der Waals surface area contributed by atoms with Crippen LogP contribution in [0.4, 0.5) is 22.0 Å². The molecule has 5 nitrogen and oxygen atoms in total. The number of alkyl halides is 5. The molecule has 1 saturated heterocycles. The number of aryl methyl sites for hydroxylation is 1. The number of aromatic nitrogens is 2. The Hall–Kier alpha value is -2.49. The Bertz CT molecular complexity index is 1280. The highest BCUT2D eigenvalue weighted by molar-refractivity contribution is 5.84. The molecule has 0 spiro atoms. The van der Waals surface area contributed by atoms with Crippen molar-refractivity contribution in [3.8, 4) is 0 Å². The zero-order valence-corrected chi connectivity index (χ0v) is 23.1. The van der Waals surface area contributed by atoms with Gasteiger partial charge in [0.05, 0.1) is 5.41 Å². The highest BCUT2D eigenvalue weighted by Gasteiger charge is 2.57. The molecule has 2 aliphatic heterocycles. The predicted octanol–water partition coefficient (Wildman–Crippen LogP) is 6.49. The number of hydrogen-bond acceptors (Lipinski definition) is 3. The zero-order chi connectivity index (χ0) is 28.4. The monoisotopic (exact) mass is 564 g/mol. The van der Waals surface area contributed by atoms with Crippen molar-refractivity contribution < 1.29 is 26.7 Å². The Balaban J connectivity index is 1.14. The van der Waals surface area contributed by atoms with Gasteiger partial charge in [0.2, 0.25) is 5.91 Å². The minimum absolute atomic E-state index is 0.126. The van der Waals surface area contributed by atoms with Crippen LogP contribution in [0.15, 0.2) is 24.5 Å². The first-order chi connectivity index (χ1) is 18.8. The number of amides is 1. The van der Waals surface area contributed by atoms with E-state index in [1.165, 1.54) is 22.9 Å². The van der Waals surface area contributed by atoms with Gasteiger partial charge >= 0.3 is 6.18 Å². The molecule has 4 aliphatic rings. The summed E-state index contributed by atoms with van der Waals surface area (Å²) in [5, 5.41) is 0. The SMILES string of the molecule is Cc1cc(C(F)(F)F)n(C2CCN([C@@H]3C[C@H]4CCC[C@@]4(C(=O)N4CCc5ncc(C(C)(F)F)cc5C4)C3)CC2)c1. The van der Waals surface area contributed by atoms with Crippen molar-refractivity contribution in [3.63, 3.8) is 0 Å². The summed E-state index contributed by atoms with van der Waals surface area (Å²) in [6.45, 7) is 4.86. The molecule has 40 heavy (non-hydrogen) atoms. The molecule has 2 aromatic heterocycles. The van der Waals surface area contributed by atoms with Crippen molar-refractivity contribution in [2.75, 3.05) is 19.6 Å². The number of carbonyl (C=O) groups is 1. The Morgan fingerprint density at radius 2 is 1.80 bits per heavy atom. The van der Waals surface area contributed by atoms with Gasteiger partial charge in [-0.3, -0.25) is 9.78 Å². The Morgan fingerprint density at radius 3 is 2.50 bits per heavy atom. The van der Waals surface area contributed by atoms with Crippen molar-refractivity contribution in [2.45, 2.75) is 95.9 Å². The maximum atomic E-state index is 14.1. The quantitative estimate of drug-likeness (QED) is 0.399. The lowest BCUT2D eigenvalue weighted by Crippen LogP contribution is -2.47. The minimum Gasteiger partial charge on any atom is -0.341 e. The van der Waals surface area contributed by atoms with Gasteiger partial charge in [-0.25, -0.2) is 8.78 Å². The van der Waals surface area contributed by atoms with E-state index in [-0.39, 0.29) is 29.5 Å². The van der Waals surface area contributed by atoms with E-state index in [9.17, 15) is 26.7 Å². The van der Waals surface area contributed by atoms with Gasteiger partial charge in [0.1, 0.15) is 5.69 Å². The van der Waals surface area contributed by atoms with Crippen LogP contribution in [0, 0.1) is 18.3 Å². The molecule has 2 aromatic rings. The summed E-state index contributed by atoms with van der Waals surface area (Å²) in [5.74, 6) is -2.55. The smallest absolute Gasteiger partial charge is 0.341 e. The molecule has 3 fully saturated rings. The topological polar surface area (TPSA) is 41.4 Å². The summed E-state index contributed by atoms with van der Waals surface area (Å²) in [5.41, 5.74) is 0.987. The van der Waals surface area contributed by atoms with Crippen LogP contribution >= 0.6 is 0 Å². The molecule has 10 heteroatoms. The van der Waals surface area contributed by atoms with E-state index >= 15 is 0 Å². The lowest BCUT2D eigenvalue weighted by molar-refractivity contribution is -0.145. The van der Waals surface area contributed by atoms with Gasteiger partial charge in [-0.15, -0.1) is 0 Å². The molecule has 6 rings (SSSR count). The van der Waals surface area contributed by atoms with E-state index in [0.29, 0.717) is 43.5 Å².